The Morgan fingerprint density at radius 2 is 2.16 bits per heavy atom. The molecule has 0 atom stereocenters. The van der Waals surface area contributed by atoms with E-state index in [9.17, 15) is 0 Å². The van der Waals surface area contributed by atoms with Crippen LogP contribution in [-0.4, -0.2) is 35.1 Å². The van der Waals surface area contributed by atoms with Crippen molar-refractivity contribution in [3.05, 3.63) is 10.6 Å². The van der Waals surface area contributed by atoms with Crippen LogP contribution in [0.4, 0.5) is 5.13 Å². The fourth-order valence-electron chi connectivity index (χ4n) is 2.16. The number of rotatable bonds is 4. The molecule has 1 aromatic rings. The van der Waals surface area contributed by atoms with Crippen molar-refractivity contribution in [1.29, 1.82) is 0 Å². The third-order valence-electron chi connectivity index (χ3n) is 3.53. The third-order valence-corrected chi connectivity index (χ3v) is 6.12. The third kappa shape index (κ3) is 4.10. The summed E-state index contributed by atoms with van der Waals surface area (Å²) in [6.07, 6.45) is 1.23. The number of nitrogens with zero attached hydrogens (tertiary/aromatic N) is 2. The van der Waals surface area contributed by atoms with Crippen LogP contribution in [0.5, 0.6) is 0 Å². The second kappa shape index (κ2) is 6.46. The van der Waals surface area contributed by atoms with Gasteiger partial charge >= 0.3 is 0 Å². The number of thiazole rings is 1. The van der Waals surface area contributed by atoms with Crippen molar-refractivity contribution >= 4 is 28.2 Å². The molecule has 2 rings (SSSR count). The highest BCUT2D eigenvalue weighted by Gasteiger charge is 2.25. The Bertz CT molecular complexity index is 415. The van der Waals surface area contributed by atoms with Crippen molar-refractivity contribution in [2.75, 3.05) is 30.3 Å². The fraction of sp³-hybridized carbons (Fsp3) is 0.786. The maximum atomic E-state index is 4.77. The van der Waals surface area contributed by atoms with Gasteiger partial charge in [-0.25, -0.2) is 4.98 Å². The molecule has 0 saturated carbocycles. The SMILES string of the molecule is CCNCc1sc(N2CCSC(C)(C)CC2)nc1C. The predicted molar refractivity (Wildman–Crippen MR) is 87.6 cm³/mol. The summed E-state index contributed by atoms with van der Waals surface area (Å²) in [6, 6.07) is 0. The lowest BCUT2D eigenvalue weighted by Crippen LogP contribution is -2.26. The Morgan fingerprint density at radius 1 is 1.37 bits per heavy atom. The van der Waals surface area contributed by atoms with Crippen molar-refractivity contribution < 1.29 is 0 Å². The Morgan fingerprint density at radius 3 is 2.89 bits per heavy atom. The predicted octanol–water partition coefficient (Wildman–Crippen LogP) is 3.28. The van der Waals surface area contributed by atoms with Crippen LogP contribution in [0.3, 0.4) is 0 Å². The minimum atomic E-state index is 0.410. The monoisotopic (exact) mass is 299 g/mol. The highest BCUT2D eigenvalue weighted by Crippen LogP contribution is 2.34. The lowest BCUT2D eigenvalue weighted by molar-refractivity contribution is 0.637. The normalized spacial score (nSPS) is 19.5. The first-order valence-corrected chi connectivity index (χ1v) is 8.88. The van der Waals surface area contributed by atoms with Crippen molar-refractivity contribution in [3.8, 4) is 0 Å². The summed E-state index contributed by atoms with van der Waals surface area (Å²) in [5, 5.41) is 4.61. The minimum absolute atomic E-state index is 0.410. The molecule has 19 heavy (non-hydrogen) atoms. The lowest BCUT2D eigenvalue weighted by Gasteiger charge is -2.22. The Hall–Kier alpha value is -0.260. The molecule has 0 aliphatic carbocycles. The Balaban J connectivity index is 2.05. The van der Waals surface area contributed by atoms with Gasteiger partial charge in [-0.15, -0.1) is 11.3 Å². The highest BCUT2D eigenvalue weighted by atomic mass is 32.2. The molecule has 0 aromatic carbocycles. The molecule has 1 N–H and O–H groups in total. The Kier molecular flexibility index (Phi) is 5.15. The number of thioether (sulfide) groups is 1. The van der Waals surface area contributed by atoms with Gasteiger partial charge in [-0.05, 0) is 19.9 Å². The molecule has 3 nitrogen and oxygen atoms in total. The van der Waals surface area contributed by atoms with Crippen LogP contribution in [0.25, 0.3) is 0 Å². The number of nitrogens with one attached hydrogen (secondary N) is 1. The van der Waals surface area contributed by atoms with E-state index in [1.54, 1.807) is 0 Å². The van der Waals surface area contributed by atoms with E-state index < -0.39 is 0 Å². The highest BCUT2D eigenvalue weighted by molar-refractivity contribution is 8.00. The van der Waals surface area contributed by atoms with Gasteiger partial charge in [0.1, 0.15) is 0 Å². The average molecular weight is 300 g/mol. The summed E-state index contributed by atoms with van der Waals surface area (Å²) in [4.78, 5) is 8.62. The first-order valence-electron chi connectivity index (χ1n) is 7.08. The zero-order valence-corrected chi connectivity index (χ0v) is 14.1. The van der Waals surface area contributed by atoms with E-state index in [0.717, 1.165) is 26.2 Å². The number of hydrogen-bond donors (Lipinski definition) is 1. The van der Waals surface area contributed by atoms with E-state index in [2.05, 4.69) is 49.7 Å². The van der Waals surface area contributed by atoms with E-state index in [1.807, 2.05) is 11.3 Å². The molecular formula is C14H25N3S2. The summed E-state index contributed by atoms with van der Waals surface area (Å²) < 4.78 is 0.410. The first kappa shape index (κ1) is 15.1. The van der Waals surface area contributed by atoms with Crippen molar-refractivity contribution in [3.63, 3.8) is 0 Å². The second-order valence-electron chi connectivity index (χ2n) is 5.63. The molecule has 0 amide bonds. The van der Waals surface area contributed by atoms with Crippen LogP contribution in [0.1, 0.15) is 37.8 Å². The summed E-state index contributed by atoms with van der Waals surface area (Å²) in [7, 11) is 0. The number of anilines is 1. The molecule has 0 spiro atoms. The molecule has 0 unspecified atom stereocenters. The maximum absolute atomic E-state index is 4.77. The van der Waals surface area contributed by atoms with Gasteiger partial charge in [0.05, 0.1) is 5.69 Å². The average Bonchev–Trinajstić information content (AvgIpc) is 2.61. The van der Waals surface area contributed by atoms with Gasteiger partial charge in [0.15, 0.2) is 5.13 Å². The van der Waals surface area contributed by atoms with E-state index >= 15 is 0 Å². The lowest BCUT2D eigenvalue weighted by atomic mass is 10.1. The molecule has 1 aliphatic rings. The maximum Gasteiger partial charge on any atom is 0.185 e. The summed E-state index contributed by atoms with van der Waals surface area (Å²) in [5.74, 6) is 1.20. The molecule has 0 radical (unpaired) electrons. The van der Waals surface area contributed by atoms with Gasteiger partial charge in [-0.2, -0.15) is 11.8 Å². The van der Waals surface area contributed by atoms with Crippen LogP contribution in [0, 0.1) is 6.92 Å². The summed E-state index contributed by atoms with van der Waals surface area (Å²) in [5.41, 5.74) is 1.19. The Labute approximate surface area is 125 Å². The number of aryl methyl sites for hydroxylation is 1. The molecular weight excluding hydrogens is 274 g/mol. The molecule has 0 bridgehead atoms. The fourth-order valence-corrected chi connectivity index (χ4v) is 4.34. The van der Waals surface area contributed by atoms with Crippen LogP contribution in [0.15, 0.2) is 0 Å². The largest absolute Gasteiger partial charge is 0.347 e. The molecule has 1 aromatic heterocycles. The van der Waals surface area contributed by atoms with Crippen molar-refractivity contribution in [2.24, 2.45) is 0 Å². The molecule has 1 saturated heterocycles. The summed E-state index contributed by atoms with van der Waals surface area (Å²) >= 11 is 3.95. The molecule has 1 fully saturated rings. The van der Waals surface area contributed by atoms with Gasteiger partial charge in [0, 0.05) is 35.0 Å². The molecule has 108 valence electrons. The van der Waals surface area contributed by atoms with E-state index in [1.165, 1.54) is 27.9 Å². The van der Waals surface area contributed by atoms with Crippen LogP contribution >= 0.6 is 23.1 Å². The smallest absolute Gasteiger partial charge is 0.185 e. The zero-order chi connectivity index (χ0) is 13.9. The van der Waals surface area contributed by atoms with Gasteiger partial charge in [0.25, 0.3) is 0 Å². The van der Waals surface area contributed by atoms with Crippen molar-refractivity contribution in [2.45, 2.75) is 45.4 Å². The quantitative estimate of drug-likeness (QED) is 0.923. The van der Waals surface area contributed by atoms with Crippen molar-refractivity contribution in [1.82, 2.24) is 10.3 Å². The van der Waals surface area contributed by atoms with Crippen LogP contribution in [0.2, 0.25) is 0 Å². The second-order valence-corrected chi connectivity index (χ2v) is 8.49. The topological polar surface area (TPSA) is 28.2 Å². The van der Waals surface area contributed by atoms with E-state index in [-0.39, 0.29) is 0 Å². The van der Waals surface area contributed by atoms with Gasteiger partial charge in [0.2, 0.25) is 0 Å². The van der Waals surface area contributed by atoms with E-state index in [0.29, 0.717) is 4.75 Å². The zero-order valence-electron chi connectivity index (χ0n) is 12.5. The van der Waals surface area contributed by atoms with Gasteiger partial charge < -0.3 is 10.2 Å². The minimum Gasteiger partial charge on any atom is -0.347 e. The van der Waals surface area contributed by atoms with Gasteiger partial charge in [-0.3, -0.25) is 0 Å². The van der Waals surface area contributed by atoms with Crippen LogP contribution < -0.4 is 10.2 Å². The number of hydrogen-bond acceptors (Lipinski definition) is 5. The molecule has 1 aliphatic heterocycles. The van der Waals surface area contributed by atoms with E-state index in [4.69, 9.17) is 4.98 Å². The standard InChI is InChI=1S/C14H25N3S2/c1-5-15-10-12-11(2)16-13(19-12)17-7-6-14(3,4)18-9-8-17/h15H,5-10H2,1-4H3. The first-order chi connectivity index (χ1) is 9.02. The summed E-state index contributed by atoms with van der Waals surface area (Å²) in [6.45, 7) is 13.2. The van der Waals surface area contributed by atoms with Gasteiger partial charge in [-0.1, -0.05) is 20.8 Å². The molecule has 2 heterocycles. The number of aromatic nitrogens is 1. The van der Waals surface area contributed by atoms with Crippen LogP contribution in [-0.2, 0) is 6.54 Å². The molecule has 5 heteroatoms.